The first-order valence-electron chi connectivity index (χ1n) is 9.31. The molecule has 146 valence electrons. The van der Waals surface area contributed by atoms with Crippen molar-refractivity contribution in [2.24, 2.45) is 0 Å². The van der Waals surface area contributed by atoms with Gasteiger partial charge in [0, 0.05) is 11.3 Å². The minimum atomic E-state index is -0.468. The molecule has 0 unspecified atom stereocenters. The van der Waals surface area contributed by atoms with Crippen molar-refractivity contribution in [3.05, 3.63) is 89.7 Å². The van der Waals surface area contributed by atoms with Gasteiger partial charge in [-0.15, -0.1) is 0 Å². The Morgan fingerprint density at radius 3 is 2.21 bits per heavy atom. The van der Waals surface area contributed by atoms with E-state index in [9.17, 15) is 14.0 Å². The monoisotopic (exact) mass is 389 g/mol. The summed E-state index contributed by atoms with van der Waals surface area (Å²) in [5, 5.41) is 5.59. The lowest BCUT2D eigenvalue weighted by Crippen LogP contribution is -2.27. The molecule has 1 fully saturated rings. The molecule has 3 aromatic rings. The van der Waals surface area contributed by atoms with Gasteiger partial charge in [-0.1, -0.05) is 30.3 Å². The van der Waals surface area contributed by atoms with Crippen molar-refractivity contribution in [3.63, 3.8) is 0 Å². The number of hydrogen-bond acceptors (Lipinski definition) is 3. The van der Waals surface area contributed by atoms with Crippen LogP contribution in [0, 0.1) is 5.82 Å². The van der Waals surface area contributed by atoms with Crippen molar-refractivity contribution >= 4 is 28.9 Å². The van der Waals surface area contributed by atoms with Crippen LogP contribution in [0.5, 0.6) is 0 Å². The van der Waals surface area contributed by atoms with E-state index < -0.39 is 11.2 Å². The molecule has 0 heterocycles. The first-order chi connectivity index (χ1) is 14.0. The maximum Gasteiger partial charge on any atom is 0.255 e. The third-order valence-corrected chi connectivity index (χ3v) is 5.18. The molecule has 0 radical (unpaired) electrons. The second-order valence-electron chi connectivity index (χ2n) is 7.17. The molecule has 0 atom stereocenters. The second-order valence-corrected chi connectivity index (χ2v) is 7.17. The molecule has 4 N–H and O–H groups in total. The molecule has 4 rings (SSSR count). The Balaban J connectivity index is 1.43. The van der Waals surface area contributed by atoms with E-state index in [1.807, 2.05) is 30.3 Å². The van der Waals surface area contributed by atoms with Gasteiger partial charge in [0.05, 0.1) is 16.8 Å². The van der Waals surface area contributed by atoms with Gasteiger partial charge in [0.15, 0.2) is 0 Å². The Bertz CT molecular complexity index is 1060. The van der Waals surface area contributed by atoms with Crippen molar-refractivity contribution in [3.8, 4) is 0 Å². The fraction of sp³-hybridized carbons (Fsp3) is 0.130. The fourth-order valence-corrected chi connectivity index (χ4v) is 3.33. The molecule has 29 heavy (non-hydrogen) atoms. The van der Waals surface area contributed by atoms with Crippen LogP contribution in [0.15, 0.2) is 72.8 Å². The summed E-state index contributed by atoms with van der Waals surface area (Å²) in [6, 6.07) is 20.1. The number of carbonyl (C=O) groups excluding carboxylic acids is 2. The van der Waals surface area contributed by atoms with Crippen molar-refractivity contribution in [1.29, 1.82) is 0 Å². The molecule has 0 aliphatic heterocycles. The summed E-state index contributed by atoms with van der Waals surface area (Å²) in [5.74, 6) is -0.881. The summed E-state index contributed by atoms with van der Waals surface area (Å²) in [6.07, 6.45) is 1.64. The van der Waals surface area contributed by atoms with Gasteiger partial charge in [-0.25, -0.2) is 4.39 Å². The molecule has 6 heteroatoms. The average Bonchev–Trinajstić information content (AvgIpc) is 3.53. The highest BCUT2D eigenvalue weighted by atomic mass is 19.1. The predicted octanol–water partition coefficient (Wildman–Crippen LogP) is 4.33. The lowest BCUT2D eigenvalue weighted by atomic mass is 9.95. The Morgan fingerprint density at radius 1 is 0.897 bits per heavy atom. The summed E-state index contributed by atoms with van der Waals surface area (Å²) in [5.41, 5.74) is 7.79. The number of rotatable bonds is 5. The molecule has 1 aliphatic carbocycles. The average molecular weight is 389 g/mol. The zero-order valence-electron chi connectivity index (χ0n) is 15.6. The largest absolute Gasteiger partial charge is 0.397 e. The molecule has 0 bridgehead atoms. The van der Waals surface area contributed by atoms with Gasteiger partial charge in [-0.2, -0.15) is 0 Å². The minimum absolute atomic E-state index is 0.0417. The number of nitrogens with one attached hydrogen (secondary N) is 2. The van der Waals surface area contributed by atoms with Gasteiger partial charge in [0.25, 0.3) is 5.91 Å². The van der Waals surface area contributed by atoms with Gasteiger partial charge in [0.1, 0.15) is 5.82 Å². The topological polar surface area (TPSA) is 84.2 Å². The molecule has 0 aromatic heterocycles. The van der Waals surface area contributed by atoms with E-state index in [0.29, 0.717) is 16.9 Å². The minimum Gasteiger partial charge on any atom is -0.397 e. The van der Waals surface area contributed by atoms with Crippen LogP contribution >= 0.6 is 0 Å². The Hall–Kier alpha value is -3.67. The normalized spacial score (nSPS) is 14.1. The van der Waals surface area contributed by atoms with Gasteiger partial charge in [-0.3, -0.25) is 9.59 Å². The SMILES string of the molecule is Nc1cc(F)ccc1NC(=O)c1ccc(NC(=O)C2(c3ccccc3)CC2)cc1. The molecule has 3 aromatic carbocycles. The molecule has 0 spiro atoms. The molecule has 0 saturated heterocycles. The van der Waals surface area contributed by atoms with Crippen LogP contribution in [-0.2, 0) is 10.2 Å². The number of anilines is 3. The maximum absolute atomic E-state index is 13.1. The van der Waals surface area contributed by atoms with Crippen LogP contribution in [0.4, 0.5) is 21.5 Å². The third kappa shape index (κ3) is 3.82. The van der Waals surface area contributed by atoms with Gasteiger partial charge in [-0.05, 0) is 60.9 Å². The number of nitrogens with two attached hydrogens (primary N) is 1. The zero-order chi connectivity index (χ0) is 20.4. The van der Waals surface area contributed by atoms with Crippen LogP contribution in [0.25, 0.3) is 0 Å². The quantitative estimate of drug-likeness (QED) is 0.568. The van der Waals surface area contributed by atoms with Crippen LogP contribution in [0.3, 0.4) is 0 Å². The second kappa shape index (κ2) is 7.39. The van der Waals surface area contributed by atoms with Crippen molar-refractivity contribution in [1.82, 2.24) is 0 Å². The third-order valence-electron chi connectivity index (χ3n) is 5.18. The number of amides is 2. The van der Waals surface area contributed by atoms with Gasteiger partial charge in [0.2, 0.25) is 5.91 Å². The van der Waals surface area contributed by atoms with Crippen LogP contribution in [-0.4, -0.2) is 11.8 Å². The zero-order valence-corrected chi connectivity index (χ0v) is 15.6. The summed E-state index contributed by atoms with van der Waals surface area (Å²) in [7, 11) is 0. The molecular formula is C23H20FN3O2. The van der Waals surface area contributed by atoms with Crippen molar-refractivity contribution < 1.29 is 14.0 Å². The van der Waals surface area contributed by atoms with E-state index in [2.05, 4.69) is 10.6 Å². The molecule has 5 nitrogen and oxygen atoms in total. The summed E-state index contributed by atoms with van der Waals surface area (Å²) in [4.78, 5) is 25.2. The van der Waals surface area contributed by atoms with Crippen molar-refractivity contribution in [2.45, 2.75) is 18.3 Å². The van der Waals surface area contributed by atoms with E-state index >= 15 is 0 Å². The van der Waals surface area contributed by atoms with Gasteiger partial charge < -0.3 is 16.4 Å². The summed E-state index contributed by atoms with van der Waals surface area (Å²) < 4.78 is 13.1. The Kier molecular flexibility index (Phi) is 4.76. The summed E-state index contributed by atoms with van der Waals surface area (Å²) in [6.45, 7) is 0. The number of hydrogen-bond donors (Lipinski definition) is 3. The predicted molar refractivity (Wildman–Crippen MR) is 111 cm³/mol. The lowest BCUT2D eigenvalue weighted by Gasteiger charge is -2.16. The Morgan fingerprint density at radius 2 is 1.59 bits per heavy atom. The van der Waals surface area contributed by atoms with E-state index in [0.717, 1.165) is 24.5 Å². The smallest absolute Gasteiger partial charge is 0.255 e. The van der Waals surface area contributed by atoms with Crippen LogP contribution in [0.1, 0.15) is 28.8 Å². The van der Waals surface area contributed by atoms with E-state index in [1.54, 1.807) is 24.3 Å². The fourth-order valence-electron chi connectivity index (χ4n) is 3.33. The highest BCUT2D eigenvalue weighted by molar-refractivity contribution is 6.06. The van der Waals surface area contributed by atoms with Crippen LogP contribution in [0.2, 0.25) is 0 Å². The molecule has 2 amide bonds. The number of benzene rings is 3. The summed E-state index contributed by atoms with van der Waals surface area (Å²) >= 11 is 0. The highest BCUT2D eigenvalue weighted by Gasteiger charge is 2.51. The Labute approximate surface area is 167 Å². The number of carbonyl (C=O) groups is 2. The van der Waals surface area contributed by atoms with Gasteiger partial charge >= 0.3 is 0 Å². The maximum atomic E-state index is 13.1. The van der Waals surface area contributed by atoms with Crippen LogP contribution < -0.4 is 16.4 Å². The lowest BCUT2D eigenvalue weighted by molar-refractivity contribution is -0.118. The standard InChI is InChI=1S/C23H20FN3O2/c24-17-8-11-20(19(25)14-17)27-21(28)15-6-9-18(10-7-15)26-22(29)23(12-13-23)16-4-2-1-3-5-16/h1-11,14H,12-13,25H2,(H,26,29)(H,27,28). The highest BCUT2D eigenvalue weighted by Crippen LogP contribution is 2.48. The van der Waals surface area contributed by atoms with E-state index in [4.69, 9.17) is 5.73 Å². The first-order valence-corrected chi connectivity index (χ1v) is 9.31. The van der Waals surface area contributed by atoms with E-state index in [1.165, 1.54) is 12.1 Å². The molecule has 1 aliphatic rings. The number of nitrogen functional groups attached to an aromatic ring is 1. The molecule has 1 saturated carbocycles. The van der Waals surface area contributed by atoms with E-state index in [-0.39, 0.29) is 17.5 Å². The molecular weight excluding hydrogens is 369 g/mol. The first kappa shape index (κ1) is 18.7. The van der Waals surface area contributed by atoms with Crippen molar-refractivity contribution in [2.75, 3.05) is 16.4 Å². The number of halogens is 1.